The summed E-state index contributed by atoms with van der Waals surface area (Å²) in [5.74, 6) is 0. The highest BCUT2D eigenvalue weighted by Gasteiger charge is 2.43. The van der Waals surface area contributed by atoms with Crippen molar-refractivity contribution in [3.8, 4) is 0 Å². The Hall–Kier alpha value is -0.660. The quantitative estimate of drug-likeness (QED) is 0.930. The number of rotatable bonds is 3. The molecule has 1 aromatic heterocycles. The average Bonchev–Trinajstić information content (AvgIpc) is 2.88. The van der Waals surface area contributed by atoms with Crippen LogP contribution in [0.1, 0.15) is 48.0 Å². The summed E-state index contributed by atoms with van der Waals surface area (Å²) in [6, 6.07) is -0.425. The van der Waals surface area contributed by atoms with E-state index in [-0.39, 0.29) is 5.54 Å². The van der Waals surface area contributed by atoms with E-state index in [1.165, 1.54) is 12.6 Å². The standard InChI is InChI=1S/C13H20F3N3S/c1-19(2)12(6-4-3-5-7-12)10(17)9-8-18-11(20-9)13(14,15)16/h8,10H,3-7,17H2,1-2H3. The van der Waals surface area contributed by atoms with Gasteiger partial charge in [-0.1, -0.05) is 19.3 Å². The van der Waals surface area contributed by atoms with Gasteiger partial charge in [-0.3, -0.25) is 0 Å². The molecule has 1 fully saturated rings. The summed E-state index contributed by atoms with van der Waals surface area (Å²) >= 11 is 0.670. The maximum atomic E-state index is 12.7. The number of hydrogen-bond acceptors (Lipinski definition) is 4. The summed E-state index contributed by atoms with van der Waals surface area (Å²) in [6.07, 6.45) is 2.03. The predicted octanol–water partition coefficient (Wildman–Crippen LogP) is 3.43. The van der Waals surface area contributed by atoms with Crippen LogP contribution in [0.25, 0.3) is 0 Å². The molecule has 2 N–H and O–H groups in total. The van der Waals surface area contributed by atoms with Gasteiger partial charge in [0.25, 0.3) is 0 Å². The lowest BCUT2D eigenvalue weighted by molar-refractivity contribution is -0.137. The summed E-state index contributed by atoms with van der Waals surface area (Å²) < 4.78 is 38.0. The maximum absolute atomic E-state index is 12.7. The fraction of sp³-hybridized carbons (Fsp3) is 0.769. The Kier molecular flexibility index (Phi) is 4.41. The van der Waals surface area contributed by atoms with Crippen molar-refractivity contribution in [2.45, 2.75) is 49.9 Å². The summed E-state index contributed by atoms with van der Waals surface area (Å²) in [6.45, 7) is 0. The van der Waals surface area contributed by atoms with Crippen LogP contribution in [0.3, 0.4) is 0 Å². The molecule has 0 aromatic carbocycles. The number of thiazole rings is 1. The van der Waals surface area contributed by atoms with E-state index in [0.29, 0.717) is 16.2 Å². The number of alkyl halides is 3. The predicted molar refractivity (Wildman–Crippen MR) is 73.5 cm³/mol. The van der Waals surface area contributed by atoms with Crippen LogP contribution in [0.15, 0.2) is 6.20 Å². The second-order valence-corrected chi connectivity index (χ2v) is 6.66. The molecule has 114 valence electrons. The van der Waals surface area contributed by atoms with Gasteiger partial charge >= 0.3 is 6.18 Å². The van der Waals surface area contributed by atoms with Gasteiger partial charge in [0.15, 0.2) is 5.01 Å². The third-order valence-electron chi connectivity index (χ3n) is 4.26. The second kappa shape index (κ2) is 5.61. The number of nitrogens with two attached hydrogens (primary N) is 1. The van der Waals surface area contributed by atoms with Gasteiger partial charge in [-0.15, -0.1) is 11.3 Å². The Morgan fingerprint density at radius 1 is 1.30 bits per heavy atom. The van der Waals surface area contributed by atoms with Crippen LogP contribution in [0.5, 0.6) is 0 Å². The zero-order valence-corrected chi connectivity index (χ0v) is 12.5. The molecule has 2 rings (SSSR count). The molecule has 0 bridgehead atoms. The minimum Gasteiger partial charge on any atom is -0.322 e. The SMILES string of the molecule is CN(C)C1(C(N)c2cnc(C(F)(F)F)s2)CCCCC1. The van der Waals surface area contributed by atoms with E-state index >= 15 is 0 Å². The molecule has 7 heteroatoms. The van der Waals surface area contributed by atoms with Crippen LogP contribution < -0.4 is 5.73 Å². The zero-order valence-electron chi connectivity index (χ0n) is 11.7. The van der Waals surface area contributed by atoms with Crippen molar-refractivity contribution in [1.82, 2.24) is 9.88 Å². The first kappa shape index (κ1) is 15.7. The van der Waals surface area contributed by atoms with Gasteiger partial charge in [-0.05, 0) is 26.9 Å². The molecule has 1 atom stereocenters. The Bertz CT molecular complexity index is 450. The van der Waals surface area contributed by atoms with Gasteiger partial charge in [0.05, 0.1) is 6.04 Å². The molecular formula is C13H20F3N3S. The van der Waals surface area contributed by atoms with Gasteiger partial charge < -0.3 is 10.6 Å². The first-order valence-corrected chi connectivity index (χ1v) is 7.55. The first-order chi connectivity index (χ1) is 9.27. The highest BCUT2D eigenvalue weighted by molar-refractivity contribution is 7.11. The molecule has 1 unspecified atom stereocenters. The third kappa shape index (κ3) is 2.84. The molecule has 1 heterocycles. The minimum absolute atomic E-state index is 0.256. The molecule has 0 spiro atoms. The van der Waals surface area contributed by atoms with Crippen molar-refractivity contribution < 1.29 is 13.2 Å². The molecular weight excluding hydrogens is 287 g/mol. The smallest absolute Gasteiger partial charge is 0.322 e. The lowest BCUT2D eigenvalue weighted by Gasteiger charge is -2.46. The monoisotopic (exact) mass is 307 g/mol. The van der Waals surface area contributed by atoms with E-state index in [0.717, 1.165) is 25.7 Å². The Morgan fingerprint density at radius 3 is 2.35 bits per heavy atom. The molecule has 0 aliphatic heterocycles. The third-order valence-corrected chi connectivity index (χ3v) is 5.39. The van der Waals surface area contributed by atoms with Crippen LogP contribution in [0.2, 0.25) is 0 Å². The fourth-order valence-corrected chi connectivity index (χ4v) is 3.92. The fourth-order valence-electron chi connectivity index (χ4n) is 3.03. The highest BCUT2D eigenvalue weighted by Crippen LogP contribution is 2.43. The van der Waals surface area contributed by atoms with E-state index < -0.39 is 17.2 Å². The number of nitrogens with zero attached hydrogens (tertiary/aromatic N) is 2. The number of aromatic nitrogens is 1. The summed E-state index contributed by atoms with van der Waals surface area (Å²) in [4.78, 5) is 6.08. The molecule has 20 heavy (non-hydrogen) atoms. The van der Waals surface area contributed by atoms with Crippen LogP contribution >= 0.6 is 11.3 Å². The summed E-state index contributed by atoms with van der Waals surface area (Å²) in [5.41, 5.74) is 6.07. The molecule has 0 amide bonds. The number of likely N-dealkylation sites (N-methyl/N-ethyl adjacent to an activating group) is 1. The Morgan fingerprint density at radius 2 is 1.90 bits per heavy atom. The lowest BCUT2D eigenvalue weighted by atomic mass is 9.75. The van der Waals surface area contributed by atoms with Crippen LogP contribution in [0, 0.1) is 0 Å². The van der Waals surface area contributed by atoms with E-state index in [2.05, 4.69) is 9.88 Å². The second-order valence-electron chi connectivity index (χ2n) is 5.60. The summed E-state index contributed by atoms with van der Waals surface area (Å²) in [7, 11) is 3.91. The topological polar surface area (TPSA) is 42.1 Å². The first-order valence-electron chi connectivity index (χ1n) is 6.73. The molecule has 0 radical (unpaired) electrons. The van der Waals surface area contributed by atoms with E-state index in [9.17, 15) is 13.2 Å². The van der Waals surface area contributed by atoms with E-state index in [1.54, 1.807) is 0 Å². The molecule has 1 aliphatic rings. The maximum Gasteiger partial charge on any atom is 0.443 e. The Labute approximate surface area is 121 Å². The minimum atomic E-state index is -4.39. The highest BCUT2D eigenvalue weighted by atomic mass is 32.1. The van der Waals surface area contributed by atoms with Crippen molar-refractivity contribution in [3.05, 3.63) is 16.1 Å². The van der Waals surface area contributed by atoms with Crippen molar-refractivity contribution in [2.75, 3.05) is 14.1 Å². The number of halogens is 3. The van der Waals surface area contributed by atoms with Crippen molar-refractivity contribution in [3.63, 3.8) is 0 Å². The van der Waals surface area contributed by atoms with Gasteiger partial charge in [0.1, 0.15) is 0 Å². The zero-order chi connectivity index (χ0) is 15.0. The van der Waals surface area contributed by atoms with E-state index in [1.807, 2.05) is 14.1 Å². The molecule has 1 aliphatic carbocycles. The number of hydrogen-bond donors (Lipinski definition) is 1. The van der Waals surface area contributed by atoms with Crippen LogP contribution in [-0.4, -0.2) is 29.5 Å². The van der Waals surface area contributed by atoms with E-state index in [4.69, 9.17) is 5.73 Å². The van der Waals surface area contributed by atoms with Crippen molar-refractivity contribution in [2.24, 2.45) is 5.73 Å². The normalized spacial score (nSPS) is 21.1. The van der Waals surface area contributed by atoms with Gasteiger partial charge in [0, 0.05) is 16.6 Å². The largest absolute Gasteiger partial charge is 0.443 e. The van der Waals surface area contributed by atoms with Crippen molar-refractivity contribution >= 4 is 11.3 Å². The molecule has 1 aromatic rings. The molecule has 0 saturated heterocycles. The summed E-state index contributed by atoms with van der Waals surface area (Å²) in [5, 5.41) is -0.812. The van der Waals surface area contributed by atoms with Gasteiger partial charge in [-0.2, -0.15) is 13.2 Å². The average molecular weight is 307 g/mol. The van der Waals surface area contributed by atoms with Gasteiger partial charge in [0.2, 0.25) is 0 Å². The van der Waals surface area contributed by atoms with Gasteiger partial charge in [-0.25, -0.2) is 4.98 Å². The molecule has 1 saturated carbocycles. The van der Waals surface area contributed by atoms with Crippen molar-refractivity contribution in [1.29, 1.82) is 0 Å². The Balaban J connectivity index is 2.28. The lowest BCUT2D eigenvalue weighted by Crippen LogP contribution is -2.53. The molecule has 3 nitrogen and oxygen atoms in total. The van der Waals surface area contributed by atoms with Crippen LogP contribution in [-0.2, 0) is 6.18 Å². The van der Waals surface area contributed by atoms with Crippen LogP contribution in [0.4, 0.5) is 13.2 Å².